The maximum Gasteiger partial charge on any atom is 0.337 e. The fraction of sp³-hybridized carbons (Fsp3) is 0.217. The highest BCUT2D eigenvalue weighted by Crippen LogP contribution is 2.25. The minimum Gasteiger partial charge on any atom is -0.324 e. The van der Waals surface area contributed by atoms with Crippen LogP contribution in [0.2, 0.25) is 0 Å². The highest BCUT2D eigenvalue weighted by Gasteiger charge is 2.20. The molecule has 0 unspecified atom stereocenters. The number of aromatic nitrogens is 3. The van der Waals surface area contributed by atoms with Crippen LogP contribution in [0, 0.1) is 12.7 Å². The number of anilines is 1. The third-order valence-corrected chi connectivity index (χ3v) is 7.24. The van der Waals surface area contributed by atoms with Crippen molar-refractivity contribution in [2.45, 2.75) is 31.2 Å². The molecule has 0 radical (unpaired) electrons. The van der Waals surface area contributed by atoms with Gasteiger partial charge in [-0.1, -0.05) is 36.9 Å². The number of benzene rings is 2. The molecule has 1 amide bonds. The number of carbonyl (C=O) groups excluding carboxylic acids is 1. The number of aryl methyl sites for hydroxylation is 2. The zero-order valence-corrected chi connectivity index (χ0v) is 19.8. The van der Waals surface area contributed by atoms with E-state index in [1.54, 1.807) is 25.1 Å². The number of hydrogen-bond donors (Lipinski definition) is 1. The average Bonchev–Trinajstić information content (AvgIpc) is 3.24. The lowest BCUT2D eigenvalue weighted by molar-refractivity contribution is -0.116. The number of hydrogen-bond acceptors (Lipinski definition) is 6. The van der Waals surface area contributed by atoms with Crippen molar-refractivity contribution in [2.24, 2.45) is 0 Å². The number of nitrogens with one attached hydrogen (secondary N) is 1. The Morgan fingerprint density at radius 3 is 2.58 bits per heavy atom. The summed E-state index contributed by atoms with van der Waals surface area (Å²) in [5.41, 5.74) is 1.50. The van der Waals surface area contributed by atoms with Gasteiger partial charge in [-0.3, -0.25) is 14.2 Å². The molecule has 4 aromatic rings. The molecule has 1 N–H and O–H groups in total. The van der Waals surface area contributed by atoms with Gasteiger partial charge >= 0.3 is 5.69 Å². The maximum absolute atomic E-state index is 13.6. The Morgan fingerprint density at radius 1 is 1.18 bits per heavy atom. The molecule has 2 aromatic heterocycles. The van der Waals surface area contributed by atoms with Crippen molar-refractivity contribution in [3.8, 4) is 5.69 Å². The van der Waals surface area contributed by atoms with Crippen LogP contribution in [0.5, 0.6) is 0 Å². The molecule has 0 saturated heterocycles. The van der Waals surface area contributed by atoms with E-state index in [9.17, 15) is 18.8 Å². The summed E-state index contributed by atoms with van der Waals surface area (Å²) in [6, 6.07) is 11.2. The molecule has 0 aliphatic heterocycles. The van der Waals surface area contributed by atoms with Gasteiger partial charge in [-0.2, -0.15) is 0 Å². The molecule has 0 bridgehead atoms. The quantitative estimate of drug-likeness (QED) is 0.419. The van der Waals surface area contributed by atoms with Gasteiger partial charge in [0.25, 0.3) is 5.56 Å². The maximum atomic E-state index is 13.6. The minimum atomic E-state index is -0.666. The van der Waals surface area contributed by atoms with E-state index in [0.29, 0.717) is 21.3 Å². The fourth-order valence-corrected chi connectivity index (χ4v) is 4.91. The van der Waals surface area contributed by atoms with Crippen molar-refractivity contribution in [1.82, 2.24) is 14.1 Å². The lowest BCUT2D eigenvalue weighted by Crippen LogP contribution is -2.40. The van der Waals surface area contributed by atoms with Gasteiger partial charge in [0.15, 0.2) is 9.99 Å². The summed E-state index contributed by atoms with van der Waals surface area (Å²) >= 11 is 2.53. The molecule has 0 spiro atoms. The highest BCUT2D eigenvalue weighted by molar-refractivity contribution is 8.00. The molecule has 10 heteroatoms. The van der Waals surface area contributed by atoms with Gasteiger partial charge in [0.2, 0.25) is 5.91 Å². The summed E-state index contributed by atoms with van der Waals surface area (Å²) < 4.78 is 16.8. The van der Waals surface area contributed by atoms with E-state index in [2.05, 4.69) is 10.3 Å². The second-order valence-corrected chi connectivity index (χ2v) is 9.43. The third kappa shape index (κ3) is 4.49. The smallest absolute Gasteiger partial charge is 0.324 e. The number of rotatable bonds is 6. The first-order chi connectivity index (χ1) is 15.8. The van der Waals surface area contributed by atoms with Crippen LogP contribution in [-0.4, -0.2) is 26.3 Å². The topological polar surface area (TPSA) is 86.0 Å². The number of nitrogens with zero attached hydrogens (tertiary/aromatic N) is 3. The van der Waals surface area contributed by atoms with E-state index < -0.39 is 23.0 Å². The van der Waals surface area contributed by atoms with Gasteiger partial charge in [0, 0.05) is 5.69 Å². The van der Waals surface area contributed by atoms with Crippen LogP contribution in [0.4, 0.5) is 10.1 Å². The van der Waals surface area contributed by atoms with Gasteiger partial charge in [0.1, 0.15) is 17.1 Å². The van der Waals surface area contributed by atoms with E-state index in [1.807, 2.05) is 25.3 Å². The van der Waals surface area contributed by atoms with Crippen LogP contribution >= 0.6 is 23.1 Å². The zero-order chi connectivity index (χ0) is 23.7. The number of halogens is 1. The van der Waals surface area contributed by atoms with E-state index in [4.69, 9.17) is 0 Å². The van der Waals surface area contributed by atoms with Gasteiger partial charge in [-0.05, 0) is 55.0 Å². The fourth-order valence-electron chi connectivity index (χ4n) is 3.42. The molecule has 0 saturated carbocycles. The molecule has 0 aliphatic rings. The molecule has 2 aromatic carbocycles. The molecular formula is C23H21FN4O3S2. The molecule has 0 aliphatic carbocycles. The first-order valence-electron chi connectivity index (χ1n) is 10.2. The molecule has 0 atom stereocenters. The van der Waals surface area contributed by atoms with Gasteiger partial charge < -0.3 is 5.32 Å². The normalized spacial score (nSPS) is 11.2. The van der Waals surface area contributed by atoms with Crippen LogP contribution in [0.25, 0.3) is 16.0 Å². The minimum absolute atomic E-state index is 0.159. The Hall–Kier alpha value is -3.24. The second kappa shape index (κ2) is 9.32. The van der Waals surface area contributed by atoms with E-state index in [0.717, 1.165) is 16.6 Å². The lowest BCUT2D eigenvalue weighted by atomic mass is 10.1. The summed E-state index contributed by atoms with van der Waals surface area (Å²) in [4.78, 5) is 43.8. The molecular weight excluding hydrogens is 463 g/mol. The van der Waals surface area contributed by atoms with Gasteiger partial charge in [-0.25, -0.2) is 18.7 Å². The predicted octanol–water partition coefficient (Wildman–Crippen LogP) is 3.98. The first-order valence-corrected chi connectivity index (χ1v) is 12.2. The van der Waals surface area contributed by atoms with Crippen LogP contribution < -0.4 is 16.6 Å². The number of carbonyl (C=O) groups is 1. The Morgan fingerprint density at radius 2 is 1.91 bits per heavy atom. The number of thioether (sulfide) groups is 1. The predicted molar refractivity (Wildman–Crippen MR) is 130 cm³/mol. The molecule has 7 nitrogen and oxygen atoms in total. The Labute approximate surface area is 196 Å². The highest BCUT2D eigenvalue weighted by atomic mass is 32.2. The number of fused-ring (bicyclic) bond motifs is 1. The van der Waals surface area contributed by atoms with E-state index in [1.165, 1.54) is 39.8 Å². The van der Waals surface area contributed by atoms with Crippen LogP contribution in [0.3, 0.4) is 0 Å². The largest absolute Gasteiger partial charge is 0.337 e. The lowest BCUT2D eigenvalue weighted by Gasteiger charge is -2.13. The Kier molecular flexibility index (Phi) is 6.48. The third-order valence-electron chi connectivity index (χ3n) is 5.22. The van der Waals surface area contributed by atoms with Crippen molar-refractivity contribution < 1.29 is 9.18 Å². The Bertz CT molecular complexity index is 1470. The molecule has 33 heavy (non-hydrogen) atoms. The van der Waals surface area contributed by atoms with E-state index >= 15 is 0 Å². The summed E-state index contributed by atoms with van der Waals surface area (Å²) in [7, 11) is 0. The number of amides is 1. The van der Waals surface area contributed by atoms with Crippen LogP contribution in [0.1, 0.15) is 18.1 Å². The summed E-state index contributed by atoms with van der Waals surface area (Å²) in [5.74, 6) is -1.01. The van der Waals surface area contributed by atoms with Crippen LogP contribution in [0.15, 0.2) is 56.4 Å². The summed E-state index contributed by atoms with van der Waals surface area (Å²) in [5, 5.41) is 2.65. The summed E-state index contributed by atoms with van der Waals surface area (Å²) in [6.45, 7) is 3.38. The zero-order valence-electron chi connectivity index (χ0n) is 18.2. The first kappa shape index (κ1) is 22.9. The molecule has 170 valence electrons. The van der Waals surface area contributed by atoms with Crippen molar-refractivity contribution in [3.63, 3.8) is 0 Å². The van der Waals surface area contributed by atoms with Crippen molar-refractivity contribution in [1.29, 1.82) is 0 Å². The average molecular weight is 485 g/mol. The van der Waals surface area contributed by atoms with Crippen molar-refractivity contribution >= 4 is 45.0 Å². The molecule has 2 heterocycles. The molecule has 0 fully saturated rings. The number of thiazole rings is 1. The van der Waals surface area contributed by atoms with Crippen molar-refractivity contribution in [2.75, 3.05) is 11.6 Å². The van der Waals surface area contributed by atoms with Crippen LogP contribution in [-0.2, 0) is 17.8 Å². The van der Waals surface area contributed by atoms with Crippen molar-refractivity contribution in [3.05, 3.63) is 80.2 Å². The SMILES string of the molecule is CCc1ccc(-n2c(=O)c3sc(SC)nc3n(CC(=O)Nc3cc(F)ccc3C)c2=O)cc1. The standard InChI is InChI=1S/C23H21FN4O3S2/c1-4-14-6-9-16(10-7-14)28-21(30)19-20(26-22(32-3)33-19)27(23(28)31)12-18(29)25-17-11-15(24)8-5-13(17)2/h5-11H,4,12H2,1-3H3,(H,25,29). The molecule has 4 rings (SSSR count). The van der Waals surface area contributed by atoms with E-state index in [-0.39, 0.29) is 16.9 Å². The monoisotopic (exact) mass is 484 g/mol. The Balaban J connectivity index is 1.83. The second-order valence-electron chi connectivity index (χ2n) is 7.37. The summed E-state index contributed by atoms with van der Waals surface area (Å²) in [6.07, 6.45) is 2.64. The van der Waals surface area contributed by atoms with Gasteiger partial charge in [0.05, 0.1) is 5.69 Å². The van der Waals surface area contributed by atoms with Gasteiger partial charge in [-0.15, -0.1) is 11.3 Å².